The van der Waals surface area contributed by atoms with Crippen LogP contribution in [0.4, 0.5) is 0 Å². The van der Waals surface area contributed by atoms with E-state index in [9.17, 15) is 0 Å². The topological polar surface area (TPSA) is 54.6 Å². The van der Waals surface area contributed by atoms with Crippen LogP contribution in [0.25, 0.3) is 0 Å². The molecule has 4 saturated heterocycles. The normalized spacial score (nSPS) is 51.0. The van der Waals surface area contributed by atoms with Gasteiger partial charge in [-0.1, -0.05) is 130 Å². The quantitative estimate of drug-likeness (QED) is 0.194. The molecule has 0 radical (unpaired) electrons. The molecule has 4 heterocycles. The molecule has 72 heavy (non-hydrogen) atoms. The molecule has 18 atom stereocenters. The molecule has 0 aromatic heterocycles. The molecule has 408 valence electrons. The van der Waals surface area contributed by atoms with Gasteiger partial charge in [0.2, 0.25) is 0 Å². The fourth-order valence-corrected chi connectivity index (χ4v) is 23.7. The largest absolute Gasteiger partial charge is 0.299 e. The van der Waals surface area contributed by atoms with E-state index in [-0.39, 0.29) is 0 Å². The predicted octanol–water partition coefficient (Wildman–Crippen LogP) is 14.2. The molecule has 6 heteroatoms. The van der Waals surface area contributed by atoms with Gasteiger partial charge in [-0.25, -0.2) is 0 Å². The van der Waals surface area contributed by atoms with E-state index >= 15 is 0 Å². The number of fused-ring (bicyclic) bond motifs is 7. The van der Waals surface area contributed by atoms with Crippen molar-refractivity contribution < 1.29 is 0 Å². The molecule has 9 saturated carbocycles. The maximum atomic E-state index is 4.48. The number of nitrogens with zero attached hydrogens (tertiary/aromatic N) is 2. The zero-order valence-corrected chi connectivity index (χ0v) is 47.4. The highest BCUT2D eigenvalue weighted by Gasteiger charge is 2.65. The summed E-state index contributed by atoms with van der Waals surface area (Å²) in [6.45, 7) is 11.2. The lowest BCUT2D eigenvalue weighted by molar-refractivity contribution is -0.0409. The molecular formula is C66H114N6. The first kappa shape index (κ1) is 51.2. The third-order valence-corrected chi connectivity index (χ3v) is 26.3. The molecule has 0 aromatic rings. The average molecular weight is 992 g/mol. The Morgan fingerprint density at radius 2 is 0.556 bits per heavy atom. The third-order valence-electron chi connectivity index (χ3n) is 26.3. The summed E-state index contributed by atoms with van der Waals surface area (Å²) >= 11 is 0. The number of hydrogen-bond acceptors (Lipinski definition) is 6. The van der Waals surface area contributed by atoms with Crippen molar-refractivity contribution in [1.29, 1.82) is 0 Å². The summed E-state index contributed by atoms with van der Waals surface area (Å²) in [5, 5.41) is 17.7. The van der Waals surface area contributed by atoms with E-state index < -0.39 is 0 Å². The van der Waals surface area contributed by atoms with E-state index in [0.29, 0.717) is 12.3 Å². The highest BCUT2D eigenvalue weighted by molar-refractivity contribution is 5.18. The number of nitrogens with one attached hydrogen (secondary N) is 4. The van der Waals surface area contributed by atoms with Gasteiger partial charge in [0.1, 0.15) is 0 Å². The zero-order chi connectivity index (χ0) is 48.5. The molecule has 4 aliphatic heterocycles. The maximum Gasteiger partial charge on any atom is 0.0605 e. The van der Waals surface area contributed by atoms with Crippen LogP contribution >= 0.6 is 0 Å². The summed E-state index contributed by atoms with van der Waals surface area (Å²) < 4.78 is 0. The van der Waals surface area contributed by atoms with E-state index in [0.717, 1.165) is 143 Å². The van der Waals surface area contributed by atoms with Crippen molar-refractivity contribution >= 4 is 0 Å². The smallest absolute Gasteiger partial charge is 0.0605 e. The monoisotopic (exact) mass is 991 g/mol. The van der Waals surface area contributed by atoms with Crippen molar-refractivity contribution in [2.45, 2.75) is 332 Å². The minimum Gasteiger partial charge on any atom is -0.299 e. The summed E-state index contributed by atoms with van der Waals surface area (Å²) in [7, 11) is 0. The van der Waals surface area contributed by atoms with Gasteiger partial charge in [0.25, 0.3) is 0 Å². The van der Waals surface area contributed by atoms with Crippen LogP contribution in [0.3, 0.4) is 0 Å². The minimum atomic E-state index is 0.566. The molecule has 0 bridgehead atoms. The van der Waals surface area contributed by atoms with Crippen molar-refractivity contribution in [1.82, 2.24) is 31.1 Å². The molecule has 13 rings (SSSR count). The first-order chi connectivity index (χ1) is 35.4. The Bertz CT molecular complexity index is 1530. The molecule has 9 aliphatic carbocycles. The Morgan fingerprint density at radius 1 is 0.264 bits per heavy atom. The van der Waals surface area contributed by atoms with Crippen LogP contribution in [0.5, 0.6) is 0 Å². The van der Waals surface area contributed by atoms with E-state index in [1.54, 1.807) is 12.8 Å². The second-order valence-corrected chi connectivity index (χ2v) is 30.3. The average Bonchev–Trinajstić information content (AvgIpc) is 3.93. The predicted molar refractivity (Wildman–Crippen MR) is 299 cm³/mol. The van der Waals surface area contributed by atoms with Crippen molar-refractivity contribution in [2.75, 3.05) is 0 Å². The molecular weight excluding hydrogens is 877 g/mol. The van der Waals surface area contributed by atoms with Gasteiger partial charge in [-0.3, -0.25) is 31.1 Å². The van der Waals surface area contributed by atoms with Crippen molar-refractivity contribution in [3.63, 3.8) is 0 Å². The maximum absolute atomic E-state index is 4.48. The van der Waals surface area contributed by atoms with Crippen LogP contribution in [-0.4, -0.2) is 82.5 Å². The van der Waals surface area contributed by atoms with Gasteiger partial charge >= 0.3 is 0 Å². The second kappa shape index (κ2) is 22.5. The zero-order valence-electron chi connectivity index (χ0n) is 47.4. The molecule has 0 spiro atoms. The molecule has 13 fully saturated rings. The Balaban J connectivity index is 0.721. The number of rotatable bonds is 8. The van der Waals surface area contributed by atoms with E-state index in [1.807, 2.05) is 0 Å². The molecule has 0 aromatic carbocycles. The van der Waals surface area contributed by atoms with Gasteiger partial charge < -0.3 is 0 Å². The van der Waals surface area contributed by atoms with E-state index in [1.165, 1.54) is 218 Å². The Hall–Kier alpha value is -0.240. The SMILES string of the molecule is CC1CC(C2CC(C3CCCCC3)NC(C3CCCCC3)N2)CC(C)C1N1C2CCCCC2C2C3C4CCCCC4N(C4C(C)CC(C5CC(C6CCCCC6)NC(C6CCCCC6)N5)CC4C)C3CCC21. The lowest BCUT2D eigenvalue weighted by Gasteiger charge is -2.54. The third kappa shape index (κ3) is 9.87. The standard InChI is InChI=1S/C66H114N6/c1-41-35-49(55-39-53(45-21-9-5-10-22-45)67-65(69-55)47-25-13-7-14-26-47)36-42(2)63(41)71-57-31-19-17-29-51(57)61-59(71)33-34-60-62(61)52-30-18-20-32-58(52)72(60)64-43(3)37-50(38-44(64)4)56-40-54(46-23-11-6-12-24-46)68-66(70-56)48-27-15-8-16-28-48/h41-70H,5-40H2,1-4H3. The fourth-order valence-electron chi connectivity index (χ4n) is 23.7. The lowest BCUT2D eigenvalue weighted by atomic mass is 9.61. The lowest BCUT2D eigenvalue weighted by Crippen LogP contribution is -2.65. The summed E-state index contributed by atoms with van der Waals surface area (Å²) in [6, 6.07) is 8.03. The van der Waals surface area contributed by atoms with Gasteiger partial charge in [-0.2, -0.15) is 0 Å². The van der Waals surface area contributed by atoms with Crippen LogP contribution in [0.2, 0.25) is 0 Å². The number of likely N-dealkylation sites (tertiary alicyclic amines) is 2. The van der Waals surface area contributed by atoms with Crippen LogP contribution in [-0.2, 0) is 0 Å². The first-order valence-electron chi connectivity index (χ1n) is 33.9. The van der Waals surface area contributed by atoms with Crippen molar-refractivity contribution in [2.24, 2.45) is 82.9 Å². The summed E-state index contributed by atoms with van der Waals surface area (Å²) in [5.74, 6) is 12.4. The summed E-state index contributed by atoms with van der Waals surface area (Å²) in [5.41, 5.74) is 0. The highest BCUT2D eigenvalue weighted by Crippen LogP contribution is 2.62. The van der Waals surface area contributed by atoms with Crippen LogP contribution in [0.15, 0.2) is 0 Å². The summed E-state index contributed by atoms with van der Waals surface area (Å²) in [4.78, 5) is 6.90. The minimum absolute atomic E-state index is 0.566. The van der Waals surface area contributed by atoms with Gasteiger partial charge in [-0.15, -0.1) is 0 Å². The number of hydrogen-bond donors (Lipinski definition) is 4. The molecule has 6 nitrogen and oxygen atoms in total. The van der Waals surface area contributed by atoms with E-state index in [2.05, 4.69) is 58.8 Å². The van der Waals surface area contributed by atoms with Gasteiger partial charge in [0.05, 0.1) is 12.3 Å². The Kier molecular flexibility index (Phi) is 16.0. The van der Waals surface area contributed by atoms with Gasteiger partial charge in [0, 0.05) is 60.4 Å². The van der Waals surface area contributed by atoms with Gasteiger partial charge in [-0.05, 0) is 211 Å². The Morgan fingerprint density at radius 3 is 0.903 bits per heavy atom. The Labute approximate surface area is 443 Å². The second-order valence-electron chi connectivity index (χ2n) is 30.3. The van der Waals surface area contributed by atoms with Crippen molar-refractivity contribution in [3.8, 4) is 0 Å². The molecule has 0 amide bonds. The van der Waals surface area contributed by atoms with Crippen LogP contribution in [0, 0.1) is 82.9 Å². The van der Waals surface area contributed by atoms with Crippen LogP contribution in [0.1, 0.15) is 259 Å². The highest BCUT2D eigenvalue weighted by atomic mass is 15.3. The summed E-state index contributed by atoms with van der Waals surface area (Å²) in [6.07, 6.45) is 54.4. The van der Waals surface area contributed by atoms with Gasteiger partial charge in [0.15, 0.2) is 0 Å². The van der Waals surface area contributed by atoms with Crippen LogP contribution < -0.4 is 21.3 Å². The molecule has 13 aliphatic rings. The fraction of sp³-hybridized carbons (Fsp3) is 1.00. The van der Waals surface area contributed by atoms with Crippen molar-refractivity contribution in [3.05, 3.63) is 0 Å². The van der Waals surface area contributed by atoms with E-state index in [4.69, 9.17) is 0 Å². The molecule has 18 unspecified atom stereocenters. The molecule has 4 N–H and O–H groups in total. The first-order valence-corrected chi connectivity index (χ1v) is 33.9.